The summed E-state index contributed by atoms with van der Waals surface area (Å²) in [5, 5.41) is 1.15. The number of nitrogens with zero attached hydrogens (tertiary/aromatic N) is 3. The van der Waals surface area contributed by atoms with E-state index in [0.29, 0.717) is 16.7 Å². The second-order valence-electron chi connectivity index (χ2n) is 5.80. The van der Waals surface area contributed by atoms with E-state index in [1.54, 1.807) is 0 Å². The molecule has 124 valence electrons. The third kappa shape index (κ3) is 4.07. The third-order valence-corrected chi connectivity index (χ3v) is 4.84. The summed E-state index contributed by atoms with van der Waals surface area (Å²) in [6.07, 6.45) is 5.06. The van der Waals surface area contributed by atoms with E-state index in [1.807, 2.05) is 24.4 Å². The molecule has 0 spiro atoms. The molecule has 1 saturated heterocycles. The molecule has 0 aliphatic carbocycles. The van der Waals surface area contributed by atoms with E-state index >= 15 is 0 Å². The van der Waals surface area contributed by atoms with Gasteiger partial charge in [0.05, 0.1) is 29.3 Å². The number of halogens is 2. The summed E-state index contributed by atoms with van der Waals surface area (Å²) >= 11 is 12.1. The lowest BCUT2D eigenvalue weighted by Crippen LogP contribution is -2.38. The van der Waals surface area contributed by atoms with Crippen molar-refractivity contribution >= 4 is 23.2 Å². The Morgan fingerprint density at radius 1 is 1.30 bits per heavy atom. The number of benzene rings is 1. The highest BCUT2D eigenvalue weighted by Crippen LogP contribution is 2.29. The molecule has 0 saturated carbocycles. The maximum absolute atomic E-state index is 6.13. The van der Waals surface area contributed by atoms with Crippen LogP contribution >= 0.6 is 23.2 Å². The first-order valence-corrected chi connectivity index (χ1v) is 8.72. The van der Waals surface area contributed by atoms with Crippen LogP contribution in [0.5, 0.6) is 0 Å². The van der Waals surface area contributed by atoms with E-state index < -0.39 is 0 Å². The average molecular weight is 354 g/mol. The first kappa shape index (κ1) is 16.8. The fourth-order valence-electron chi connectivity index (χ4n) is 2.90. The maximum Gasteiger partial charge on any atom is 0.122 e. The highest BCUT2D eigenvalue weighted by Gasteiger charge is 2.23. The van der Waals surface area contributed by atoms with Crippen molar-refractivity contribution in [3.05, 3.63) is 52.0 Å². The van der Waals surface area contributed by atoms with Crippen molar-refractivity contribution in [3.8, 4) is 0 Å². The molecule has 0 radical (unpaired) electrons. The minimum atomic E-state index is 0.0214. The van der Waals surface area contributed by atoms with E-state index in [-0.39, 0.29) is 6.10 Å². The van der Waals surface area contributed by atoms with Crippen LogP contribution in [0, 0.1) is 0 Å². The Bertz CT molecular complexity index is 659. The largest absolute Gasteiger partial charge is 0.371 e. The molecule has 1 aromatic carbocycles. The van der Waals surface area contributed by atoms with Crippen LogP contribution in [0.1, 0.15) is 30.8 Å². The minimum absolute atomic E-state index is 0.0214. The van der Waals surface area contributed by atoms with Gasteiger partial charge in [-0.2, -0.15) is 0 Å². The van der Waals surface area contributed by atoms with Gasteiger partial charge in [-0.25, -0.2) is 4.98 Å². The third-order valence-electron chi connectivity index (χ3n) is 4.10. The van der Waals surface area contributed by atoms with E-state index in [1.165, 1.54) is 0 Å². The number of hydrogen-bond acceptors (Lipinski definition) is 3. The lowest BCUT2D eigenvalue weighted by Gasteiger charge is -2.33. The molecule has 0 unspecified atom stereocenters. The molecular formula is C17H21Cl2N3O. The Morgan fingerprint density at radius 3 is 2.96 bits per heavy atom. The van der Waals surface area contributed by atoms with Crippen molar-refractivity contribution in [1.82, 2.24) is 14.5 Å². The Kier molecular flexibility index (Phi) is 5.59. The van der Waals surface area contributed by atoms with E-state index in [9.17, 15) is 0 Å². The second-order valence-corrected chi connectivity index (χ2v) is 6.62. The van der Waals surface area contributed by atoms with Crippen LogP contribution in [0.4, 0.5) is 0 Å². The van der Waals surface area contributed by atoms with Gasteiger partial charge in [0, 0.05) is 32.0 Å². The highest BCUT2D eigenvalue weighted by molar-refractivity contribution is 6.42. The number of imidazole rings is 1. The first-order valence-electron chi connectivity index (χ1n) is 7.96. The van der Waals surface area contributed by atoms with Gasteiger partial charge in [0.15, 0.2) is 0 Å². The molecule has 3 rings (SSSR count). The number of aromatic nitrogens is 2. The quantitative estimate of drug-likeness (QED) is 0.807. The van der Waals surface area contributed by atoms with Gasteiger partial charge in [-0.15, -0.1) is 0 Å². The molecular weight excluding hydrogens is 333 g/mol. The van der Waals surface area contributed by atoms with E-state index in [4.69, 9.17) is 27.9 Å². The SMILES string of the molecule is CCCn1ccnc1CN1CCO[C@H](c2ccc(Cl)c(Cl)c2)C1. The van der Waals surface area contributed by atoms with E-state index in [0.717, 1.165) is 44.0 Å². The van der Waals surface area contributed by atoms with Crippen LogP contribution in [0.2, 0.25) is 10.0 Å². The lowest BCUT2D eigenvalue weighted by atomic mass is 10.1. The van der Waals surface area contributed by atoms with Gasteiger partial charge in [-0.05, 0) is 24.1 Å². The monoisotopic (exact) mass is 353 g/mol. The summed E-state index contributed by atoms with van der Waals surface area (Å²) in [6.45, 7) is 6.48. The molecule has 1 aliphatic rings. The Hall–Kier alpha value is -1.07. The van der Waals surface area contributed by atoms with Crippen molar-refractivity contribution < 1.29 is 4.74 Å². The topological polar surface area (TPSA) is 30.3 Å². The van der Waals surface area contributed by atoms with Crippen LogP contribution in [-0.4, -0.2) is 34.1 Å². The molecule has 1 fully saturated rings. The number of ether oxygens (including phenoxy) is 1. The predicted molar refractivity (Wildman–Crippen MR) is 93.0 cm³/mol. The van der Waals surface area contributed by atoms with Crippen molar-refractivity contribution in [2.75, 3.05) is 19.7 Å². The summed E-state index contributed by atoms with van der Waals surface area (Å²) in [6, 6.07) is 5.71. The number of hydrogen-bond donors (Lipinski definition) is 0. The standard InChI is InChI=1S/C17H21Cl2N3O/c1-2-6-22-7-5-20-17(22)12-21-8-9-23-16(11-21)13-3-4-14(18)15(19)10-13/h3-5,7,10,16H,2,6,8-9,11-12H2,1H3/t16-/m0/s1. The number of aryl methyl sites for hydroxylation is 1. The van der Waals surface area contributed by atoms with Crippen LogP contribution in [0.25, 0.3) is 0 Å². The van der Waals surface area contributed by atoms with E-state index in [2.05, 4.69) is 27.6 Å². The van der Waals surface area contributed by atoms with Crippen LogP contribution < -0.4 is 0 Å². The predicted octanol–water partition coefficient (Wildman–Crippen LogP) is 4.17. The molecule has 2 aromatic rings. The molecule has 1 aromatic heterocycles. The molecule has 6 heteroatoms. The summed E-state index contributed by atoms with van der Waals surface area (Å²) in [5.74, 6) is 1.11. The molecule has 0 amide bonds. The van der Waals surface area contributed by atoms with Gasteiger partial charge in [-0.3, -0.25) is 4.90 Å². The van der Waals surface area contributed by atoms with Crippen LogP contribution in [0.3, 0.4) is 0 Å². The first-order chi connectivity index (χ1) is 11.2. The molecule has 0 bridgehead atoms. The zero-order valence-corrected chi connectivity index (χ0v) is 14.7. The Morgan fingerprint density at radius 2 is 2.17 bits per heavy atom. The van der Waals surface area contributed by atoms with Crippen molar-refractivity contribution in [1.29, 1.82) is 0 Å². The molecule has 1 atom stereocenters. The van der Waals surface area contributed by atoms with Gasteiger partial charge in [0.25, 0.3) is 0 Å². The average Bonchev–Trinajstić information content (AvgIpc) is 2.98. The van der Waals surface area contributed by atoms with Gasteiger partial charge >= 0.3 is 0 Å². The smallest absolute Gasteiger partial charge is 0.122 e. The van der Waals surface area contributed by atoms with Crippen molar-refractivity contribution in [2.24, 2.45) is 0 Å². The number of rotatable bonds is 5. The number of morpholine rings is 1. The van der Waals surface area contributed by atoms with Gasteiger partial charge in [0.2, 0.25) is 0 Å². The van der Waals surface area contributed by atoms with Crippen molar-refractivity contribution in [3.63, 3.8) is 0 Å². The van der Waals surface area contributed by atoms with Gasteiger partial charge in [0.1, 0.15) is 5.82 Å². The molecule has 1 aliphatic heterocycles. The lowest BCUT2D eigenvalue weighted by molar-refractivity contribution is -0.0339. The molecule has 0 N–H and O–H groups in total. The summed E-state index contributed by atoms with van der Waals surface area (Å²) in [4.78, 5) is 6.87. The summed E-state index contributed by atoms with van der Waals surface area (Å²) in [5.41, 5.74) is 1.07. The molecule has 4 nitrogen and oxygen atoms in total. The van der Waals surface area contributed by atoms with Gasteiger partial charge in [-0.1, -0.05) is 36.2 Å². The zero-order chi connectivity index (χ0) is 16.2. The van der Waals surface area contributed by atoms with Crippen molar-refractivity contribution in [2.45, 2.75) is 32.5 Å². The fourth-order valence-corrected chi connectivity index (χ4v) is 3.20. The zero-order valence-electron chi connectivity index (χ0n) is 13.2. The summed E-state index contributed by atoms with van der Waals surface area (Å²) < 4.78 is 8.14. The second kappa shape index (κ2) is 7.67. The molecule has 23 heavy (non-hydrogen) atoms. The summed E-state index contributed by atoms with van der Waals surface area (Å²) in [7, 11) is 0. The van der Waals surface area contributed by atoms with Crippen LogP contribution in [0.15, 0.2) is 30.6 Å². The molecule has 2 heterocycles. The minimum Gasteiger partial charge on any atom is -0.371 e. The Labute approximate surface area is 147 Å². The van der Waals surface area contributed by atoms with Gasteiger partial charge < -0.3 is 9.30 Å². The normalized spacial score (nSPS) is 19.2. The fraction of sp³-hybridized carbons (Fsp3) is 0.471. The maximum atomic E-state index is 6.13. The van der Waals surface area contributed by atoms with Crippen LogP contribution in [-0.2, 0) is 17.8 Å². The Balaban J connectivity index is 1.68. The highest BCUT2D eigenvalue weighted by atomic mass is 35.5.